The summed E-state index contributed by atoms with van der Waals surface area (Å²) in [5.74, 6) is 0.420. The Hall–Kier alpha value is -3.21. The molecular weight excluding hydrogens is 304 g/mol. The first-order valence-electron chi connectivity index (χ1n) is 7.46. The summed E-state index contributed by atoms with van der Waals surface area (Å²) in [5.41, 5.74) is 2.69. The average Bonchev–Trinajstić information content (AvgIpc) is 2.59. The van der Waals surface area contributed by atoms with E-state index in [1.165, 1.54) is 12.1 Å². The van der Waals surface area contributed by atoms with Crippen molar-refractivity contribution in [1.82, 2.24) is 9.97 Å². The van der Waals surface area contributed by atoms with Crippen LogP contribution in [0.4, 0.5) is 0 Å². The van der Waals surface area contributed by atoms with Crippen LogP contribution >= 0.6 is 0 Å². The van der Waals surface area contributed by atoms with Crippen molar-refractivity contribution in [2.75, 3.05) is 0 Å². The summed E-state index contributed by atoms with van der Waals surface area (Å²) in [7, 11) is 0. The highest BCUT2D eigenvalue weighted by atomic mass is 16.5. The van der Waals surface area contributed by atoms with Crippen molar-refractivity contribution in [2.24, 2.45) is 0 Å². The van der Waals surface area contributed by atoms with Gasteiger partial charge in [-0.1, -0.05) is 36.4 Å². The van der Waals surface area contributed by atoms with Gasteiger partial charge in [0.2, 0.25) is 5.88 Å². The molecule has 120 valence electrons. The van der Waals surface area contributed by atoms with Crippen LogP contribution in [0.2, 0.25) is 0 Å². The quantitative estimate of drug-likeness (QED) is 0.778. The van der Waals surface area contributed by atoms with Crippen LogP contribution in [0.15, 0.2) is 54.6 Å². The molecule has 0 radical (unpaired) electrons. The Kier molecular flexibility index (Phi) is 4.24. The molecule has 2 aromatic carbocycles. The number of hydrogen-bond donors (Lipinski definition) is 1. The van der Waals surface area contributed by atoms with Gasteiger partial charge in [-0.2, -0.15) is 4.98 Å². The van der Waals surface area contributed by atoms with E-state index in [1.807, 2.05) is 44.2 Å². The molecule has 1 heterocycles. The lowest BCUT2D eigenvalue weighted by Gasteiger charge is -2.12. The van der Waals surface area contributed by atoms with E-state index in [0.717, 1.165) is 16.8 Å². The van der Waals surface area contributed by atoms with Crippen LogP contribution in [0, 0.1) is 13.8 Å². The zero-order chi connectivity index (χ0) is 17.1. The Labute approximate surface area is 139 Å². The molecule has 0 aliphatic carbocycles. The maximum Gasteiger partial charge on any atom is 0.335 e. The first-order valence-corrected chi connectivity index (χ1v) is 7.46. The molecular formula is C19H16N2O3. The highest BCUT2D eigenvalue weighted by Gasteiger charge is 2.12. The second-order valence-electron chi connectivity index (χ2n) is 5.36. The molecule has 1 N–H and O–H groups in total. The van der Waals surface area contributed by atoms with E-state index in [-0.39, 0.29) is 5.56 Å². The molecule has 3 rings (SSSR count). The van der Waals surface area contributed by atoms with Gasteiger partial charge in [-0.3, -0.25) is 0 Å². The maximum absolute atomic E-state index is 11.1. The average molecular weight is 320 g/mol. The Morgan fingerprint density at radius 2 is 1.75 bits per heavy atom. The van der Waals surface area contributed by atoms with Gasteiger partial charge in [0, 0.05) is 16.8 Å². The van der Waals surface area contributed by atoms with Crippen molar-refractivity contribution in [1.29, 1.82) is 0 Å². The summed E-state index contributed by atoms with van der Waals surface area (Å²) in [6.07, 6.45) is 0. The first kappa shape index (κ1) is 15.7. The summed E-state index contributed by atoms with van der Waals surface area (Å²) in [5, 5.41) is 9.09. The summed E-state index contributed by atoms with van der Waals surface area (Å²) < 4.78 is 5.83. The molecule has 0 bridgehead atoms. The number of carboxylic acid groups (broad SMARTS) is 1. The summed E-state index contributed by atoms with van der Waals surface area (Å²) in [6.45, 7) is 3.77. The van der Waals surface area contributed by atoms with Crippen LogP contribution < -0.4 is 4.74 Å². The van der Waals surface area contributed by atoms with Gasteiger partial charge in [0.15, 0.2) is 5.82 Å². The highest BCUT2D eigenvalue weighted by Crippen LogP contribution is 2.27. The first-order chi connectivity index (χ1) is 11.5. The van der Waals surface area contributed by atoms with Crippen LogP contribution in [0.1, 0.15) is 21.6 Å². The molecule has 1 aromatic heterocycles. The Bertz CT molecular complexity index is 892. The molecule has 0 aliphatic heterocycles. The second-order valence-corrected chi connectivity index (χ2v) is 5.36. The van der Waals surface area contributed by atoms with Crippen LogP contribution in [-0.2, 0) is 0 Å². The molecule has 3 aromatic rings. The molecule has 0 saturated carbocycles. The number of ether oxygens (including phenoxy) is 1. The minimum Gasteiger partial charge on any atom is -0.478 e. The van der Waals surface area contributed by atoms with E-state index >= 15 is 0 Å². The fourth-order valence-electron chi connectivity index (χ4n) is 2.22. The van der Waals surface area contributed by atoms with Crippen LogP contribution in [-0.4, -0.2) is 21.0 Å². The predicted molar refractivity (Wildman–Crippen MR) is 90.4 cm³/mol. The highest BCUT2D eigenvalue weighted by molar-refractivity contribution is 5.88. The van der Waals surface area contributed by atoms with Crippen molar-refractivity contribution in [3.63, 3.8) is 0 Å². The Balaban J connectivity index is 2.00. The van der Waals surface area contributed by atoms with E-state index in [2.05, 4.69) is 9.97 Å². The number of rotatable bonds is 4. The van der Waals surface area contributed by atoms with Gasteiger partial charge in [0.1, 0.15) is 5.75 Å². The summed E-state index contributed by atoms with van der Waals surface area (Å²) >= 11 is 0. The number of hydrogen-bond acceptors (Lipinski definition) is 4. The van der Waals surface area contributed by atoms with Crippen LogP contribution in [0.5, 0.6) is 11.6 Å². The summed E-state index contributed by atoms with van der Waals surface area (Å²) in [6, 6.07) is 16.0. The monoisotopic (exact) mass is 320 g/mol. The van der Waals surface area contributed by atoms with Crippen molar-refractivity contribution in [3.05, 3.63) is 71.4 Å². The third kappa shape index (κ3) is 3.25. The van der Waals surface area contributed by atoms with E-state index < -0.39 is 5.97 Å². The van der Waals surface area contributed by atoms with Gasteiger partial charge in [0.05, 0.1) is 5.56 Å². The zero-order valence-corrected chi connectivity index (χ0v) is 13.4. The number of carboxylic acids is 1. The van der Waals surface area contributed by atoms with Crippen LogP contribution in [0.25, 0.3) is 11.4 Å². The standard InChI is InChI=1S/C19H16N2O3/c1-12-13(2)20-17(14-7-4-3-5-8-14)21-18(12)24-16-10-6-9-15(11-16)19(22)23/h3-11H,1-2H3,(H,22,23). The van der Waals surface area contributed by atoms with Gasteiger partial charge >= 0.3 is 5.97 Å². The lowest BCUT2D eigenvalue weighted by atomic mass is 10.2. The molecule has 0 atom stereocenters. The van der Waals surface area contributed by atoms with E-state index in [4.69, 9.17) is 9.84 Å². The van der Waals surface area contributed by atoms with E-state index in [1.54, 1.807) is 12.1 Å². The zero-order valence-electron chi connectivity index (χ0n) is 13.4. The van der Waals surface area contributed by atoms with Gasteiger partial charge in [-0.25, -0.2) is 9.78 Å². The topological polar surface area (TPSA) is 72.3 Å². The smallest absolute Gasteiger partial charge is 0.335 e. The normalized spacial score (nSPS) is 10.4. The molecule has 0 aliphatic rings. The number of benzene rings is 2. The van der Waals surface area contributed by atoms with Crippen molar-refractivity contribution >= 4 is 5.97 Å². The number of carbonyl (C=O) groups is 1. The molecule has 24 heavy (non-hydrogen) atoms. The van der Waals surface area contributed by atoms with E-state index in [0.29, 0.717) is 17.5 Å². The van der Waals surface area contributed by atoms with Gasteiger partial charge in [-0.05, 0) is 32.0 Å². The lowest BCUT2D eigenvalue weighted by Crippen LogP contribution is -2.01. The fraction of sp³-hybridized carbons (Fsp3) is 0.105. The largest absolute Gasteiger partial charge is 0.478 e. The van der Waals surface area contributed by atoms with Gasteiger partial charge in [0.25, 0.3) is 0 Å². The number of aromatic nitrogens is 2. The molecule has 0 unspecified atom stereocenters. The lowest BCUT2D eigenvalue weighted by molar-refractivity contribution is 0.0696. The molecule has 0 fully saturated rings. The van der Waals surface area contributed by atoms with Crippen molar-refractivity contribution in [2.45, 2.75) is 13.8 Å². The third-order valence-electron chi connectivity index (χ3n) is 3.67. The maximum atomic E-state index is 11.1. The molecule has 5 heteroatoms. The van der Waals surface area contributed by atoms with E-state index in [9.17, 15) is 4.79 Å². The Morgan fingerprint density at radius 3 is 2.46 bits per heavy atom. The van der Waals surface area contributed by atoms with Crippen LogP contribution in [0.3, 0.4) is 0 Å². The third-order valence-corrected chi connectivity index (χ3v) is 3.67. The Morgan fingerprint density at radius 1 is 1.00 bits per heavy atom. The molecule has 0 amide bonds. The fourth-order valence-corrected chi connectivity index (χ4v) is 2.22. The van der Waals surface area contributed by atoms with Gasteiger partial charge in [-0.15, -0.1) is 0 Å². The number of aryl methyl sites for hydroxylation is 1. The number of aromatic carboxylic acids is 1. The minimum atomic E-state index is -0.999. The molecule has 5 nitrogen and oxygen atoms in total. The van der Waals surface area contributed by atoms with Crippen molar-refractivity contribution < 1.29 is 14.6 Å². The van der Waals surface area contributed by atoms with Crippen molar-refractivity contribution in [3.8, 4) is 23.0 Å². The predicted octanol–water partition coefficient (Wildman–Crippen LogP) is 4.25. The summed E-state index contributed by atoms with van der Waals surface area (Å²) in [4.78, 5) is 20.1. The number of nitrogens with zero attached hydrogens (tertiary/aromatic N) is 2. The molecule has 0 saturated heterocycles. The second kappa shape index (κ2) is 6.50. The minimum absolute atomic E-state index is 0.166. The SMILES string of the molecule is Cc1nc(-c2ccccc2)nc(Oc2cccc(C(=O)O)c2)c1C. The molecule has 0 spiro atoms. The van der Waals surface area contributed by atoms with Gasteiger partial charge < -0.3 is 9.84 Å².